The average Bonchev–Trinajstić information content (AvgIpc) is 3.67. The molecule has 6 rings (SSSR count). The lowest BCUT2D eigenvalue weighted by Gasteiger charge is -2.32. The molecule has 1 aromatic carbocycles. The summed E-state index contributed by atoms with van der Waals surface area (Å²) >= 11 is 0.925. The Morgan fingerprint density at radius 2 is 2.02 bits per heavy atom. The van der Waals surface area contributed by atoms with E-state index in [9.17, 15) is 4.39 Å². The van der Waals surface area contributed by atoms with Gasteiger partial charge in [0.15, 0.2) is 5.82 Å². The molecule has 1 atom stereocenters. The van der Waals surface area contributed by atoms with Gasteiger partial charge in [-0.2, -0.15) is 15.2 Å². The number of anilines is 2. The topological polar surface area (TPSA) is 117 Å². The molecule has 12 heteroatoms. The minimum absolute atomic E-state index is 0.0338. The first-order valence-electron chi connectivity index (χ1n) is 14.7. The van der Waals surface area contributed by atoms with Crippen LogP contribution in [0.2, 0.25) is 0 Å². The van der Waals surface area contributed by atoms with Gasteiger partial charge in [0.05, 0.1) is 21.4 Å². The van der Waals surface area contributed by atoms with Crippen LogP contribution in [0, 0.1) is 23.0 Å². The lowest BCUT2D eigenvalue weighted by molar-refractivity contribution is 0.108. The summed E-state index contributed by atoms with van der Waals surface area (Å²) in [5.41, 5.74) is 11.9. The molecule has 3 aromatic rings. The summed E-state index contributed by atoms with van der Waals surface area (Å²) < 4.78 is 53.3. The average molecular weight is 610 g/mol. The number of aromatic nitrogens is 2. The van der Waals surface area contributed by atoms with Crippen molar-refractivity contribution in [3.05, 3.63) is 51.4 Å². The lowest BCUT2D eigenvalue weighted by Crippen LogP contribution is -2.43. The Morgan fingerprint density at radius 3 is 2.70 bits per heavy atom. The van der Waals surface area contributed by atoms with E-state index in [1.54, 1.807) is 0 Å². The number of halogens is 3. The first-order valence-corrected chi connectivity index (χ1v) is 15.5. The molecule has 226 valence electrons. The second-order valence-electron chi connectivity index (χ2n) is 11.4. The molecule has 5 heterocycles. The molecule has 0 radical (unpaired) electrons. The predicted octanol–water partition coefficient (Wildman–Crippen LogP) is 5.55. The smallest absolute Gasteiger partial charge is 0.319 e. The molecule has 3 aliphatic heterocycles. The van der Waals surface area contributed by atoms with Gasteiger partial charge >= 0.3 is 6.01 Å². The highest BCUT2D eigenvalue weighted by Crippen LogP contribution is 2.41. The van der Waals surface area contributed by atoms with Crippen molar-refractivity contribution in [3.8, 4) is 12.1 Å². The number of hydrogen-bond acceptors (Lipinski definition) is 9. The van der Waals surface area contributed by atoms with E-state index in [2.05, 4.69) is 9.88 Å². The Kier molecular flexibility index (Phi) is 8.06. The van der Waals surface area contributed by atoms with Gasteiger partial charge in [-0.25, -0.2) is 13.2 Å². The van der Waals surface area contributed by atoms with Crippen LogP contribution in [0.5, 0.6) is 6.01 Å². The maximum Gasteiger partial charge on any atom is 0.319 e. The zero-order valence-corrected chi connectivity index (χ0v) is 24.8. The predicted molar refractivity (Wildman–Crippen MR) is 163 cm³/mol. The van der Waals surface area contributed by atoms with E-state index in [0.29, 0.717) is 49.3 Å². The number of hydrogen-bond donors (Lipinski definition) is 2. The van der Waals surface area contributed by atoms with Gasteiger partial charge in [-0.3, -0.25) is 4.90 Å². The van der Waals surface area contributed by atoms with Crippen LogP contribution in [-0.4, -0.2) is 59.2 Å². The van der Waals surface area contributed by atoms with Gasteiger partial charge in [0, 0.05) is 30.3 Å². The lowest BCUT2D eigenvalue weighted by atomic mass is 9.95. The molecular formula is C31H34F3N7OS. The van der Waals surface area contributed by atoms with E-state index in [1.165, 1.54) is 18.2 Å². The molecule has 0 aliphatic carbocycles. The van der Waals surface area contributed by atoms with Crippen LogP contribution in [0.25, 0.3) is 22.8 Å². The second kappa shape index (κ2) is 11.8. The van der Waals surface area contributed by atoms with Crippen molar-refractivity contribution in [2.45, 2.75) is 57.0 Å². The third-order valence-corrected chi connectivity index (χ3v) is 10.0. The zero-order valence-electron chi connectivity index (χ0n) is 24.0. The maximum absolute atomic E-state index is 16.2. The van der Waals surface area contributed by atoms with E-state index in [-0.39, 0.29) is 44.1 Å². The molecule has 2 fully saturated rings. The van der Waals surface area contributed by atoms with Crippen LogP contribution in [0.4, 0.5) is 24.0 Å². The van der Waals surface area contributed by atoms with E-state index in [4.69, 9.17) is 26.5 Å². The van der Waals surface area contributed by atoms with E-state index < -0.39 is 17.5 Å². The molecule has 0 saturated carbocycles. The Bertz CT molecular complexity index is 1650. The standard InChI is InChI=1S/C31H34F3N7OS/c1-2-41-19(16-36)8-9-20-24-27(38-30(39-29(24)41)42-17-31-10-4-12-40(31)13-5-11-31)26(34)21(25(20)33)6-3-7-22(32)23-14-18(15-35)28(37)43-23/h3,6-7,14,19H,2,4-5,8-13,16-17,36-37H2,1H3/b6-3+,22-7+. The monoisotopic (exact) mass is 609 g/mol. The molecule has 1 unspecified atom stereocenters. The minimum Gasteiger partial charge on any atom is -0.461 e. The number of thiophene rings is 1. The first-order chi connectivity index (χ1) is 20.8. The molecule has 0 bridgehead atoms. The van der Waals surface area contributed by atoms with Crippen LogP contribution in [-0.2, 0) is 6.42 Å². The number of nitriles is 1. The third-order valence-electron chi connectivity index (χ3n) is 9.07. The van der Waals surface area contributed by atoms with Crippen molar-refractivity contribution < 1.29 is 17.9 Å². The van der Waals surface area contributed by atoms with Crippen molar-refractivity contribution >= 4 is 45.0 Å². The summed E-state index contributed by atoms with van der Waals surface area (Å²) in [4.78, 5) is 13.8. The first kappa shape index (κ1) is 29.4. The second-order valence-corrected chi connectivity index (χ2v) is 12.5. The molecule has 0 spiro atoms. The largest absolute Gasteiger partial charge is 0.461 e. The number of likely N-dealkylation sites (N-methyl/N-ethyl adjacent to an activating group) is 1. The molecule has 43 heavy (non-hydrogen) atoms. The van der Waals surface area contributed by atoms with Crippen LogP contribution in [0.1, 0.15) is 60.6 Å². The summed E-state index contributed by atoms with van der Waals surface area (Å²) in [6.45, 7) is 5.30. The Morgan fingerprint density at radius 1 is 1.26 bits per heavy atom. The van der Waals surface area contributed by atoms with Crippen molar-refractivity contribution in [1.82, 2.24) is 14.9 Å². The fourth-order valence-corrected chi connectivity index (χ4v) is 7.68. The quantitative estimate of drug-likeness (QED) is 0.319. The Hall–Kier alpha value is -3.66. The van der Waals surface area contributed by atoms with E-state index >= 15 is 8.78 Å². The van der Waals surface area contributed by atoms with Gasteiger partial charge < -0.3 is 21.1 Å². The third kappa shape index (κ3) is 5.13. The van der Waals surface area contributed by atoms with Crippen molar-refractivity contribution in [2.75, 3.05) is 43.4 Å². The molecule has 3 aliphatic rings. The number of aryl methyl sites for hydroxylation is 1. The van der Waals surface area contributed by atoms with Crippen molar-refractivity contribution in [3.63, 3.8) is 0 Å². The zero-order chi connectivity index (χ0) is 30.3. The van der Waals surface area contributed by atoms with Gasteiger partial charge in [-0.1, -0.05) is 6.08 Å². The van der Waals surface area contributed by atoms with Crippen LogP contribution in [0.15, 0.2) is 18.2 Å². The van der Waals surface area contributed by atoms with Crippen LogP contribution < -0.4 is 21.1 Å². The van der Waals surface area contributed by atoms with Crippen LogP contribution >= 0.6 is 11.3 Å². The Balaban J connectivity index is 1.42. The van der Waals surface area contributed by atoms with Crippen LogP contribution in [0.3, 0.4) is 0 Å². The SMILES string of the molecule is CCN1c2nc(OCC34CCCN3CCC4)nc3c(F)c(/C=C/C=C(/F)c4cc(C#N)c(N)s4)c(F)c(c23)CCC1CN. The van der Waals surface area contributed by atoms with Crippen molar-refractivity contribution in [1.29, 1.82) is 5.26 Å². The highest BCUT2D eigenvalue weighted by Gasteiger charge is 2.45. The van der Waals surface area contributed by atoms with E-state index in [0.717, 1.165) is 56.2 Å². The van der Waals surface area contributed by atoms with Gasteiger partial charge in [0.2, 0.25) is 0 Å². The molecule has 2 saturated heterocycles. The highest BCUT2D eigenvalue weighted by molar-refractivity contribution is 7.17. The summed E-state index contributed by atoms with van der Waals surface area (Å²) in [5, 5.41) is 9.62. The van der Waals surface area contributed by atoms with Gasteiger partial charge in [-0.05, 0) is 76.8 Å². The number of nitrogen functional groups attached to an aromatic ring is 1. The molecule has 8 nitrogen and oxygen atoms in total. The number of allylic oxidation sites excluding steroid dienone is 2. The van der Waals surface area contributed by atoms with Crippen molar-refractivity contribution in [2.24, 2.45) is 5.73 Å². The normalized spacial score (nSPS) is 20.1. The number of rotatable bonds is 8. The molecule has 0 amide bonds. The summed E-state index contributed by atoms with van der Waals surface area (Å²) in [5.74, 6) is -1.86. The fraction of sp³-hybridized carbons (Fsp3) is 0.452. The van der Waals surface area contributed by atoms with Gasteiger partial charge in [0.25, 0.3) is 0 Å². The Labute approximate surface area is 252 Å². The van der Waals surface area contributed by atoms with Gasteiger partial charge in [0.1, 0.15) is 40.7 Å². The maximum atomic E-state index is 16.2. The number of nitrogens with zero attached hydrogens (tertiary/aromatic N) is 5. The van der Waals surface area contributed by atoms with Gasteiger partial charge in [-0.15, -0.1) is 11.3 Å². The van der Waals surface area contributed by atoms with E-state index in [1.807, 2.05) is 17.9 Å². The number of nitrogens with two attached hydrogens (primary N) is 2. The summed E-state index contributed by atoms with van der Waals surface area (Å²) in [7, 11) is 0. The molecular weight excluding hydrogens is 575 g/mol. The molecule has 4 N–H and O–H groups in total. The minimum atomic E-state index is -0.870. The number of ether oxygens (including phenoxy) is 1. The fourth-order valence-electron chi connectivity index (χ4n) is 6.89. The molecule has 2 aromatic heterocycles. The number of benzene rings is 1. The summed E-state index contributed by atoms with van der Waals surface area (Å²) in [6.07, 6.45) is 8.66. The number of fused-ring (bicyclic) bond motifs is 1. The summed E-state index contributed by atoms with van der Waals surface area (Å²) in [6, 6.07) is 3.17. The highest BCUT2D eigenvalue weighted by atomic mass is 32.1.